The van der Waals surface area contributed by atoms with Crippen LogP contribution in [0.3, 0.4) is 0 Å². The number of aryl methyl sites for hydroxylation is 3. The molecule has 0 radical (unpaired) electrons. The molecule has 19 rings (SSSR count). The molecule has 92 heavy (non-hydrogen) atoms. The van der Waals surface area contributed by atoms with Crippen LogP contribution in [0.25, 0.3) is 88.5 Å². The summed E-state index contributed by atoms with van der Waals surface area (Å²) in [6.45, 7) is 8.85. The van der Waals surface area contributed by atoms with E-state index >= 15 is 0 Å². The van der Waals surface area contributed by atoms with Crippen LogP contribution in [0.5, 0.6) is 11.5 Å². The number of anilines is 4. The van der Waals surface area contributed by atoms with Gasteiger partial charge in [0.1, 0.15) is 5.82 Å². The molecule has 4 bridgehead atoms. The number of nitrogens with zero attached hydrogens (tertiary/aromatic N) is 5. The molecule has 14 aromatic rings. The van der Waals surface area contributed by atoms with E-state index in [1.54, 1.807) is 0 Å². The summed E-state index contributed by atoms with van der Waals surface area (Å²) in [7, 11) is 0. The van der Waals surface area contributed by atoms with Crippen molar-refractivity contribution in [3.8, 4) is 56.4 Å². The maximum atomic E-state index is 7.23. The van der Waals surface area contributed by atoms with E-state index in [1.807, 2.05) is 0 Å². The van der Waals surface area contributed by atoms with Gasteiger partial charge in [0, 0.05) is 94.3 Å². The number of para-hydroxylation sites is 6. The largest absolute Gasteiger partial charge is 0.509 e. The van der Waals surface area contributed by atoms with E-state index < -0.39 is 0 Å². The van der Waals surface area contributed by atoms with Gasteiger partial charge in [0.25, 0.3) is 0 Å². The third-order valence-corrected chi connectivity index (χ3v) is 21.0. The van der Waals surface area contributed by atoms with Crippen LogP contribution in [0.2, 0.25) is 0 Å². The minimum Gasteiger partial charge on any atom is -0.509 e. The van der Waals surface area contributed by atoms with Crippen LogP contribution in [0.15, 0.2) is 255 Å². The smallest absolute Gasteiger partial charge is 0.135 e. The van der Waals surface area contributed by atoms with Gasteiger partial charge >= 0.3 is 0 Å². The number of benzene rings is 11. The van der Waals surface area contributed by atoms with Crippen molar-refractivity contribution in [1.82, 2.24) is 14.1 Å². The second-order valence-corrected chi connectivity index (χ2v) is 26.2. The number of rotatable bonds is 11. The summed E-state index contributed by atoms with van der Waals surface area (Å²) in [5, 5.41) is 4.81. The van der Waals surface area contributed by atoms with Crippen LogP contribution in [-0.4, -0.2) is 14.1 Å². The third kappa shape index (κ3) is 8.96. The van der Waals surface area contributed by atoms with Crippen LogP contribution in [0, 0.1) is 63.2 Å². The average Bonchev–Trinajstić information content (AvgIpc) is 0.923. The fourth-order valence-electron chi connectivity index (χ4n) is 17.7. The zero-order chi connectivity index (χ0) is 60.5. The molecule has 0 unspecified atom stereocenters. The summed E-state index contributed by atoms with van der Waals surface area (Å²) in [6, 6.07) is 98.8. The van der Waals surface area contributed by atoms with Crippen LogP contribution >= 0.6 is 0 Å². The fourth-order valence-corrected chi connectivity index (χ4v) is 17.7. The number of hydrogen-bond acceptors (Lipinski definition) is 4. The van der Waals surface area contributed by atoms with Gasteiger partial charge in [-0.3, -0.25) is 0 Å². The van der Waals surface area contributed by atoms with Crippen LogP contribution < -0.4 is 14.5 Å². The molecule has 0 saturated heterocycles. The maximum Gasteiger partial charge on any atom is 0.135 e. The van der Waals surface area contributed by atoms with E-state index in [1.165, 1.54) is 93.0 Å². The van der Waals surface area contributed by atoms with Crippen molar-refractivity contribution in [2.75, 3.05) is 9.80 Å². The first kappa shape index (κ1) is 56.3. The molecular formula is C85H66N5OPt-3. The van der Waals surface area contributed by atoms with E-state index in [0.717, 1.165) is 90.0 Å². The predicted molar refractivity (Wildman–Crippen MR) is 373 cm³/mol. The Labute approximate surface area is 552 Å². The molecule has 6 nitrogen and oxygen atoms in total. The molecule has 0 N–H and O–H groups in total. The zero-order valence-corrected chi connectivity index (χ0v) is 53.9. The molecule has 11 aromatic carbocycles. The minimum atomic E-state index is -0.159. The standard InChI is InChI=1S/C85H66N5O.Pt/c1-54-41-55(2)83(56(3)42-54)61-48-67(87-53-88(80-32-17-16-31-79(80)87)84-70(59-19-6-4-7-20-59)26-18-27-71(84)60-21-8-5-9-22-60)51-69(49-61)91-68-37-38-75-74-25-12-15-30-78(74)90(81(75)52-68)82-50-63(39-40-86-82)85(64-44-57-43-58(46-64)47-65(85)45-57)62-33-35-66(36-34-62)89-76-28-13-10-23-72(76)73-24-11-14-29-77(73)89;/h4-42,48-50,53,57-58,64-65H,43-47H2,1-3H3;/q-3;. The molecular weight excluding hydrogens is 1300 g/mol. The third-order valence-electron chi connectivity index (χ3n) is 21.0. The molecule has 0 spiro atoms. The second kappa shape index (κ2) is 22.3. The number of fused-ring (bicyclic) bond motifs is 7. The van der Waals surface area contributed by atoms with Crippen molar-refractivity contribution in [2.24, 2.45) is 23.7 Å². The molecule has 7 heteroatoms. The second-order valence-electron chi connectivity index (χ2n) is 26.2. The predicted octanol–water partition coefficient (Wildman–Crippen LogP) is 21.7. The van der Waals surface area contributed by atoms with Crippen LogP contribution in [0.1, 0.15) is 59.9 Å². The Hall–Kier alpha value is -9.74. The van der Waals surface area contributed by atoms with Gasteiger partial charge < -0.3 is 23.7 Å². The Morgan fingerprint density at radius 3 is 1.63 bits per heavy atom. The topological polar surface area (TPSA) is 38.5 Å². The van der Waals surface area contributed by atoms with Gasteiger partial charge in [0.2, 0.25) is 0 Å². The normalized spacial score (nSPS) is 18.9. The molecule has 4 aliphatic carbocycles. The first-order valence-electron chi connectivity index (χ1n) is 32.4. The molecule has 0 atom stereocenters. The van der Waals surface area contributed by atoms with E-state index in [0.29, 0.717) is 23.3 Å². The van der Waals surface area contributed by atoms with Crippen LogP contribution in [-0.2, 0) is 26.5 Å². The number of ether oxygens (including phenoxy) is 1. The van der Waals surface area contributed by atoms with Crippen molar-refractivity contribution in [3.63, 3.8) is 0 Å². The Morgan fingerprint density at radius 2 is 1.01 bits per heavy atom. The van der Waals surface area contributed by atoms with Gasteiger partial charge in [-0.05, 0) is 175 Å². The summed E-state index contributed by atoms with van der Waals surface area (Å²) in [4.78, 5) is 9.97. The first-order chi connectivity index (χ1) is 44.8. The van der Waals surface area contributed by atoms with Gasteiger partial charge in [-0.1, -0.05) is 181 Å². The zero-order valence-electron chi connectivity index (χ0n) is 51.6. The summed E-state index contributed by atoms with van der Waals surface area (Å²) in [5.41, 5.74) is 22.8. The van der Waals surface area contributed by atoms with E-state index in [9.17, 15) is 0 Å². The van der Waals surface area contributed by atoms with Gasteiger partial charge in [0.05, 0.1) is 11.0 Å². The molecule has 0 amide bonds. The summed E-state index contributed by atoms with van der Waals surface area (Å²) < 4.78 is 12.0. The van der Waals surface area contributed by atoms with Crippen molar-refractivity contribution in [2.45, 2.75) is 58.3 Å². The molecule has 4 saturated carbocycles. The fraction of sp³-hybridized carbons (Fsp3) is 0.153. The average molecular weight is 1370 g/mol. The molecule has 4 fully saturated rings. The molecule has 3 aromatic heterocycles. The van der Waals surface area contributed by atoms with Crippen molar-refractivity contribution in [3.05, 3.63) is 302 Å². The Morgan fingerprint density at radius 1 is 0.457 bits per heavy atom. The number of aromatic nitrogens is 3. The number of hydrogen-bond donors (Lipinski definition) is 0. The van der Waals surface area contributed by atoms with Gasteiger partial charge in [-0.15, -0.1) is 53.6 Å². The summed E-state index contributed by atoms with van der Waals surface area (Å²) in [6.07, 6.45) is 8.54. The Bertz CT molecular complexity index is 5040. The molecule has 4 heterocycles. The van der Waals surface area contributed by atoms with E-state index in [2.05, 4.69) is 313 Å². The maximum absolute atomic E-state index is 7.23. The van der Waals surface area contributed by atoms with Crippen molar-refractivity contribution in [1.29, 1.82) is 0 Å². The summed E-state index contributed by atoms with van der Waals surface area (Å²) >= 11 is 0. The quantitative estimate of drug-likeness (QED) is 0.121. The molecule has 1 aliphatic heterocycles. The number of pyridine rings is 1. The molecule has 5 aliphatic rings. The minimum absolute atomic E-state index is 0. The monoisotopic (exact) mass is 1370 g/mol. The Balaban J connectivity index is 0.00000648. The SMILES string of the molecule is Cc1cc(C)c(-c2cc(Oc3[c-]c4c(cc3)c3ccccc3n4-c3cc(C4(c5ccc(-n6c7ccccc7c7ccccc76)cc5)C5CC6CC(C5)CC4C6)ccn3)[c-]c(N3[CH-]N(c4c(-c5ccccc5)cccc4-c4ccccc4)c4ccccc43)c2)c(C)c1.[Pt]. The van der Waals surface area contributed by atoms with Gasteiger partial charge in [0.15, 0.2) is 0 Å². The van der Waals surface area contributed by atoms with Crippen molar-refractivity contribution < 1.29 is 25.8 Å². The Kier molecular flexibility index (Phi) is 13.6. The van der Waals surface area contributed by atoms with Crippen molar-refractivity contribution >= 4 is 66.4 Å². The van der Waals surface area contributed by atoms with E-state index in [-0.39, 0.29) is 26.5 Å². The van der Waals surface area contributed by atoms with Gasteiger partial charge in [-0.2, -0.15) is 6.07 Å². The summed E-state index contributed by atoms with van der Waals surface area (Å²) in [5.74, 6) is 4.77. The molecule has 450 valence electrons. The van der Waals surface area contributed by atoms with E-state index in [4.69, 9.17) is 9.72 Å². The van der Waals surface area contributed by atoms with Crippen LogP contribution in [0.4, 0.5) is 22.7 Å². The van der Waals surface area contributed by atoms with Gasteiger partial charge in [-0.25, -0.2) is 4.98 Å². The first-order valence-corrected chi connectivity index (χ1v) is 32.4.